The molecule has 1 atom stereocenters. The van der Waals surface area contributed by atoms with Crippen molar-refractivity contribution in [1.82, 2.24) is 15.5 Å². The molecule has 1 saturated heterocycles. The van der Waals surface area contributed by atoms with E-state index in [9.17, 15) is 14.9 Å². The molecule has 30 heavy (non-hydrogen) atoms. The van der Waals surface area contributed by atoms with E-state index in [0.29, 0.717) is 37.2 Å². The Kier molecular flexibility index (Phi) is 7.87. The van der Waals surface area contributed by atoms with Gasteiger partial charge in [0.1, 0.15) is 5.69 Å². The van der Waals surface area contributed by atoms with Gasteiger partial charge in [0.25, 0.3) is 5.69 Å². The Morgan fingerprint density at radius 3 is 2.70 bits per heavy atom. The molecule has 1 aliphatic carbocycles. The lowest BCUT2D eigenvalue weighted by Crippen LogP contribution is -2.46. The number of hydrogen-bond acceptors (Lipinski definition) is 5. The molecule has 0 spiro atoms. The zero-order valence-corrected chi connectivity index (χ0v) is 17.6. The summed E-state index contributed by atoms with van der Waals surface area (Å²) in [5.74, 6) is 1.20. The van der Waals surface area contributed by atoms with Crippen LogP contribution in [0.1, 0.15) is 38.5 Å². The highest BCUT2D eigenvalue weighted by Gasteiger charge is 2.31. The Balaban J connectivity index is 1.40. The molecule has 9 nitrogen and oxygen atoms in total. The van der Waals surface area contributed by atoms with E-state index in [1.165, 1.54) is 25.3 Å². The third-order valence-corrected chi connectivity index (χ3v) is 5.85. The van der Waals surface area contributed by atoms with Gasteiger partial charge in [-0.05, 0) is 25.3 Å². The highest BCUT2D eigenvalue weighted by Crippen LogP contribution is 2.27. The minimum absolute atomic E-state index is 0.0636. The molecule has 1 aromatic carbocycles. The number of anilines is 1. The van der Waals surface area contributed by atoms with Gasteiger partial charge in [-0.1, -0.05) is 31.4 Å². The van der Waals surface area contributed by atoms with Crippen molar-refractivity contribution in [3.05, 3.63) is 34.4 Å². The molecule has 3 N–H and O–H groups in total. The maximum atomic E-state index is 12.7. The SMILES string of the molecule is CN=C(NCCNc1ccccc1[N+](=O)[O-])NC1CCN(C(=O)C2CCCCC2)C1. The molecular weight excluding hydrogens is 384 g/mol. The number of nitro groups is 1. The predicted octanol–water partition coefficient (Wildman–Crippen LogP) is 2.35. The Labute approximate surface area is 177 Å². The number of nitrogens with one attached hydrogen (secondary N) is 3. The van der Waals surface area contributed by atoms with Crippen LogP contribution >= 0.6 is 0 Å². The van der Waals surface area contributed by atoms with Crippen LogP contribution < -0.4 is 16.0 Å². The van der Waals surface area contributed by atoms with Gasteiger partial charge in [-0.3, -0.25) is 19.9 Å². The minimum atomic E-state index is -0.392. The zero-order valence-electron chi connectivity index (χ0n) is 17.6. The number of carbonyl (C=O) groups excluding carboxylic acids is 1. The Morgan fingerprint density at radius 1 is 1.20 bits per heavy atom. The Bertz CT molecular complexity index is 763. The van der Waals surface area contributed by atoms with Crippen molar-refractivity contribution in [2.45, 2.75) is 44.6 Å². The number of aliphatic imine (C=N–C) groups is 1. The quantitative estimate of drug-likeness (QED) is 0.207. The first-order valence-corrected chi connectivity index (χ1v) is 10.8. The van der Waals surface area contributed by atoms with Crippen molar-refractivity contribution in [2.75, 3.05) is 38.5 Å². The molecule has 2 aliphatic rings. The summed E-state index contributed by atoms with van der Waals surface area (Å²) in [6.07, 6.45) is 6.56. The fraction of sp³-hybridized carbons (Fsp3) is 0.619. The Morgan fingerprint density at radius 2 is 1.97 bits per heavy atom. The molecular formula is C21H32N6O3. The fourth-order valence-corrected chi connectivity index (χ4v) is 4.23. The van der Waals surface area contributed by atoms with Crippen LogP contribution in [0.25, 0.3) is 0 Å². The van der Waals surface area contributed by atoms with Crippen LogP contribution in [-0.2, 0) is 4.79 Å². The summed E-state index contributed by atoms with van der Waals surface area (Å²) in [5, 5.41) is 20.8. The van der Waals surface area contributed by atoms with E-state index in [1.807, 2.05) is 4.90 Å². The number of nitrogens with zero attached hydrogens (tertiary/aromatic N) is 3. The van der Waals surface area contributed by atoms with Gasteiger partial charge >= 0.3 is 0 Å². The Hall–Kier alpha value is -2.84. The number of benzene rings is 1. The van der Waals surface area contributed by atoms with E-state index in [0.717, 1.165) is 25.8 Å². The van der Waals surface area contributed by atoms with Crippen LogP contribution in [0.15, 0.2) is 29.3 Å². The number of amides is 1. The summed E-state index contributed by atoms with van der Waals surface area (Å²) in [5.41, 5.74) is 0.564. The van der Waals surface area contributed by atoms with Crippen molar-refractivity contribution in [1.29, 1.82) is 0 Å². The number of hydrogen-bond donors (Lipinski definition) is 3. The summed E-state index contributed by atoms with van der Waals surface area (Å²) in [4.78, 5) is 29.7. The van der Waals surface area contributed by atoms with Crippen molar-refractivity contribution in [2.24, 2.45) is 10.9 Å². The molecule has 0 radical (unpaired) electrons. The molecule has 1 amide bonds. The van der Waals surface area contributed by atoms with Crippen LogP contribution in [-0.4, -0.2) is 61.0 Å². The van der Waals surface area contributed by atoms with Gasteiger partial charge in [-0.15, -0.1) is 0 Å². The smallest absolute Gasteiger partial charge is 0.292 e. The second-order valence-corrected chi connectivity index (χ2v) is 7.95. The lowest BCUT2D eigenvalue weighted by atomic mass is 9.88. The number of rotatable bonds is 7. The van der Waals surface area contributed by atoms with Crippen LogP contribution in [0.3, 0.4) is 0 Å². The number of nitro benzene ring substituents is 1. The fourth-order valence-electron chi connectivity index (χ4n) is 4.23. The average molecular weight is 417 g/mol. The normalized spacial score (nSPS) is 20.1. The molecule has 0 aromatic heterocycles. The maximum absolute atomic E-state index is 12.7. The first-order chi connectivity index (χ1) is 14.6. The van der Waals surface area contributed by atoms with Crippen LogP contribution in [0.5, 0.6) is 0 Å². The number of para-hydroxylation sites is 2. The van der Waals surface area contributed by atoms with Crippen molar-refractivity contribution >= 4 is 23.2 Å². The van der Waals surface area contributed by atoms with E-state index in [4.69, 9.17) is 0 Å². The van der Waals surface area contributed by atoms with Gasteiger partial charge in [0, 0.05) is 51.3 Å². The van der Waals surface area contributed by atoms with Crippen molar-refractivity contribution in [3.63, 3.8) is 0 Å². The van der Waals surface area contributed by atoms with Gasteiger partial charge in [0.15, 0.2) is 5.96 Å². The van der Waals surface area contributed by atoms with E-state index in [1.54, 1.807) is 25.2 Å². The molecule has 1 unspecified atom stereocenters. The summed E-state index contributed by atoms with van der Waals surface area (Å²) < 4.78 is 0. The summed E-state index contributed by atoms with van der Waals surface area (Å²) in [6, 6.07) is 6.78. The monoisotopic (exact) mass is 416 g/mol. The number of guanidine groups is 1. The first-order valence-electron chi connectivity index (χ1n) is 10.8. The predicted molar refractivity (Wildman–Crippen MR) is 118 cm³/mol. The molecule has 164 valence electrons. The zero-order chi connectivity index (χ0) is 21.3. The summed E-state index contributed by atoms with van der Waals surface area (Å²) in [6.45, 7) is 2.58. The van der Waals surface area contributed by atoms with E-state index in [2.05, 4.69) is 20.9 Å². The maximum Gasteiger partial charge on any atom is 0.292 e. The summed E-state index contributed by atoms with van der Waals surface area (Å²) in [7, 11) is 1.71. The topological polar surface area (TPSA) is 112 Å². The summed E-state index contributed by atoms with van der Waals surface area (Å²) >= 11 is 0. The highest BCUT2D eigenvalue weighted by molar-refractivity contribution is 5.81. The van der Waals surface area contributed by atoms with E-state index < -0.39 is 4.92 Å². The minimum Gasteiger partial charge on any atom is -0.378 e. The number of likely N-dealkylation sites (tertiary alicyclic amines) is 1. The lowest BCUT2D eigenvalue weighted by Gasteiger charge is -2.26. The largest absolute Gasteiger partial charge is 0.378 e. The average Bonchev–Trinajstić information content (AvgIpc) is 3.24. The van der Waals surface area contributed by atoms with E-state index >= 15 is 0 Å². The highest BCUT2D eigenvalue weighted by atomic mass is 16.6. The third-order valence-electron chi connectivity index (χ3n) is 5.85. The van der Waals surface area contributed by atoms with Crippen molar-refractivity contribution < 1.29 is 9.72 Å². The molecule has 9 heteroatoms. The molecule has 1 saturated carbocycles. The van der Waals surface area contributed by atoms with Crippen molar-refractivity contribution in [3.8, 4) is 0 Å². The molecule has 3 rings (SSSR count). The molecule has 1 aliphatic heterocycles. The van der Waals surface area contributed by atoms with Gasteiger partial charge in [-0.25, -0.2) is 0 Å². The van der Waals surface area contributed by atoms with E-state index in [-0.39, 0.29) is 17.6 Å². The molecule has 0 bridgehead atoms. The first kappa shape index (κ1) is 21.9. The van der Waals surface area contributed by atoms with Crippen LogP contribution in [0.4, 0.5) is 11.4 Å². The number of carbonyl (C=O) groups is 1. The lowest BCUT2D eigenvalue weighted by molar-refractivity contribution is -0.384. The molecule has 2 fully saturated rings. The van der Waals surface area contributed by atoms with Gasteiger partial charge in [-0.2, -0.15) is 0 Å². The van der Waals surface area contributed by atoms with Crippen LogP contribution in [0, 0.1) is 16.0 Å². The standard InChI is InChI=1S/C21H32N6O3/c1-22-21(24-13-12-23-18-9-5-6-10-19(18)27(29)30)25-17-11-14-26(15-17)20(28)16-7-3-2-4-8-16/h5-6,9-10,16-17,23H,2-4,7-8,11-15H2,1H3,(H2,22,24,25). The third kappa shape index (κ3) is 5.84. The second kappa shape index (κ2) is 10.8. The van der Waals surface area contributed by atoms with Crippen LogP contribution in [0.2, 0.25) is 0 Å². The van der Waals surface area contributed by atoms with Gasteiger partial charge < -0.3 is 20.9 Å². The van der Waals surface area contributed by atoms with Gasteiger partial charge in [0.05, 0.1) is 4.92 Å². The molecule has 1 aromatic rings. The molecule has 1 heterocycles. The second-order valence-electron chi connectivity index (χ2n) is 7.95. The van der Waals surface area contributed by atoms with Gasteiger partial charge in [0.2, 0.25) is 5.91 Å².